The summed E-state index contributed by atoms with van der Waals surface area (Å²) in [6, 6.07) is 8.55. The van der Waals surface area contributed by atoms with Gasteiger partial charge in [-0.2, -0.15) is 13.2 Å². The first-order valence-electron chi connectivity index (χ1n) is 11.0. The van der Waals surface area contributed by atoms with Gasteiger partial charge in [0, 0.05) is 11.6 Å². The highest BCUT2D eigenvalue weighted by Crippen LogP contribution is 2.38. The van der Waals surface area contributed by atoms with Gasteiger partial charge >= 0.3 is 12.3 Å². The number of allylic oxidation sites excluding steroid dienone is 1. The van der Waals surface area contributed by atoms with E-state index in [2.05, 4.69) is 5.32 Å². The molecule has 1 amide bonds. The van der Waals surface area contributed by atoms with Gasteiger partial charge in [0.1, 0.15) is 18.0 Å². The molecule has 0 saturated carbocycles. The predicted molar refractivity (Wildman–Crippen MR) is 131 cm³/mol. The number of rotatable bonds is 5. The van der Waals surface area contributed by atoms with Gasteiger partial charge in [-0.05, 0) is 68.7 Å². The number of hydrogen-bond donors (Lipinski definition) is 1. The summed E-state index contributed by atoms with van der Waals surface area (Å²) in [5.74, 6) is -3.16. The number of benzene rings is 2. The second-order valence-electron chi connectivity index (χ2n) is 9.27. The third-order valence-electron chi connectivity index (χ3n) is 5.19. The summed E-state index contributed by atoms with van der Waals surface area (Å²) in [6.45, 7) is 6.16. The Bertz CT molecular complexity index is 1300. The first-order chi connectivity index (χ1) is 16.7. The Kier molecular flexibility index (Phi) is 7.83. The van der Waals surface area contributed by atoms with Crippen LogP contribution in [0.4, 0.5) is 22.4 Å². The van der Waals surface area contributed by atoms with Crippen LogP contribution in [0, 0.1) is 12.7 Å². The van der Waals surface area contributed by atoms with Gasteiger partial charge < -0.3 is 10.1 Å². The molecule has 36 heavy (non-hydrogen) atoms. The molecule has 0 bridgehead atoms. The summed E-state index contributed by atoms with van der Waals surface area (Å²) >= 11 is 5.77. The number of carbonyl (C=O) groups excluding carboxylic acids is 2. The molecule has 10 heteroatoms. The Hall–Kier alpha value is -3.33. The lowest BCUT2D eigenvalue weighted by Gasteiger charge is -2.19. The van der Waals surface area contributed by atoms with Crippen molar-refractivity contribution in [1.29, 1.82) is 0 Å². The number of fused-ring (bicyclic) bond motifs is 1. The molecule has 1 unspecified atom stereocenters. The maximum atomic E-state index is 13.8. The van der Waals surface area contributed by atoms with E-state index in [1.54, 1.807) is 45.0 Å². The molecular formula is C26H25ClF4N2O3. The van der Waals surface area contributed by atoms with Gasteiger partial charge in [-0.3, -0.25) is 9.36 Å². The maximum absolute atomic E-state index is 13.8. The Labute approximate surface area is 210 Å². The number of aryl methyl sites for hydroxylation is 1. The second-order valence-corrected chi connectivity index (χ2v) is 9.67. The highest BCUT2D eigenvalue weighted by atomic mass is 35.5. The molecule has 0 radical (unpaired) electrons. The number of amides is 1. The first kappa shape index (κ1) is 27.3. The van der Waals surface area contributed by atoms with Crippen molar-refractivity contribution in [2.75, 3.05) is 6.54 Å². The highest BCUT2D eigenvalue weighted by Gasteiger charge is 2.39. The van der Waals surface area contributed by atoms with Crippen LogP contribution in [-0.2, 0) is 4.74 Å². The van der Waals surface area contributed by atoms with Crippen LogP contribution in [0.25, 0.3) is 17.0 Å². The van der Waals surface area contributed by atoms with Crippen molar-refractivity contribution in [3.63, 3.8) is 0 Å². The zero-order valence-corrected chi connectivity index (χ0v) is 20.8. The molecule has 0 fully saturated rings. The Morgan fingerprint density at radius 1 is 1.14 bits per heavy atom. The van der Waals surface area contributed by atoms with E-state index in [1.165, 1.54) is 23.8 Å². The monoisotopic (exact) mass is 524 g/mol. The van der Waals surface area contributed by atoms with Crippen molar-refractivity contribution in [2.45, 2.75) is 45.4 Å². The third-order valence-corrected chi connectivity index (χ3v) is 5.47. The molecule has 0 saturated heterocycles. The molecule has 0 aliphatic rings. The lowest BCUT2D eigenvalue weighted by atomic mass is 9.95. The minimum atomic E-state index is -4.62. The fraction of sp³-hybridized carbons (Fsp3) is 0.308. The van der Waals surface area contributed by atoms with Crippen LogP contribution in [0.2, 0.25) is 5.02 Å². The van der Waals surface area contributed by atoms with Gasteiger partial charge in [-0.25, -0.2) is 9.18 Å². The van der Waals surface area contributed by atoms with Gasteiger partial charge in [-0.15, -0.1) is 0 Å². The van der Waals surface area contributed by atoms with Gasteiger partial charge in [0.15, 0.2) is 0 Å². The van der Waals surface area contributed by atoms with Crippen molar-refractivity contribution in [1.82, 2.24) is 9.88 Å². The second kappa shape index (κ2) is 10.3. The van der Waals surface area contributed by atoms with Crippen molar-refractivity contribution in [3.05, 3.63) is 76.2 Å². The van der Waals surface area contributed by atoms with Crippen LogP contribution in [0.15, 0.2) is 48.7 Å². The van der Waals surface area contributed by atoms with E-state index < -0.39 is 35.5 Å². The Morgan fingerprint density at radius 2 is 1.83 bits per heavy atom. The molecule has 1 heterocycles. The molecule has 0 aliphatic carbocycles. The molecule has 1 aromatic heterocycles. The number of nitrogens with zero attached hydrogens (tertiary/aromatic N) is 1. The summed E-state index contributed by atoms with van der Waals surface area (Å²) in [4.78, 5) is 24.3. The summed E-state index contributed by atoms with van der Waals surface area (Å²) in [7, 11) is 0. The van der Waals surface area contributed by atoms with Gasteiger partial charge in [0.05, 0.1) is 16.5 Å². The summed E-state index contributed by atoms with van der Waals surface area (Å²) in [5.41, 5.74) is 0.145. The molecule has 0 spiro atoms. The number of carbonyl (C=O) groups is 2. The van der Waals surface area contributed by atoms with E-state index in [0.717, 1.165) is 18.2 Å². The molecule has 5 nitrogen and oxygen atoms in total. The number of alkyl halides is 3. The molecule has 3 rings (SSSR count). The van der Waals surface area contributed by atoms with E-state index >= 15 is 0 Å². The standard InChI is InChI=1S/C26H25ClF4N2O3/c1-15-11-18(13-20(27)23(15)28)19(26(29,30)31)7-5-16-6-8-21-17(12-16)9-10-33(21)22(34)14-32-24(35)36-25(2,3)4/h5-13,19H,14H2,1-4H3,(H,32,35)/b7-5+. The van der Waals surface area contributed by atoms with Crippen molar-refractivity contribution in [2.24, 2.45) is 0 Å². The number of nitrogens with one attached hydrogen (secondary N) is 1. The summed E-state index contributed by atoms with van der Waals surface area (Å²) in [6.07, 6.45) is -1.54. The van der Waals surface area contributed by atoms with Gasteiger partial charge in [0.25, 0.3) is 5.91 Å². The normalized spacial score (nSPS) is 13.2. The third kappa shape index (κ3) is 6.66. The van der Waals surface area contributed by atoms with Crippen molar-refractivity contribution in [3.8, 4) is 0 Å². The number of ether oxygens (including phenoxy) is 1. The summed E-state index contributed by atoms with van der Waals surface area (Å²) < 4.78 is 61.5. The largest absolute Gasteiger partial charge is 0.444 e. The fourth-order valence-corrected chi connectivity index (χ4v) is 3.85. The van der Waals surface area contributed by atoms with E-state index in [1.807, 2.05) is 0 Å². The van der Waals surface area contributed by atoms with Crippen LogP contribution < -0.4 is 5.32 Å². The predicted octanol–water partition coefficient (Wildman–Crippen LogP) is 7.27. The van der Waals surface area contributed by atoms with E-state index in [-0.39, 0.29) is 22.7 Å². The zero-order valence-electron chi connectivity index (χ0n) is 20.0. The maximum Gasteiger partial charge on any atom is 0.408 e. The SMILES string of the molecule is Cc1cc(C(/C=C/c2ccc3c(ccn3C(=O)CNC(=O)OC(C)(C)C)c2)C(F)(F)F)cc(Cl)c1F. The number of aromatic nitrogens is 1. The first-order valence-corrected chi connectivity index (χ1v) is 11.3. The van der Waals surface area contributed by atoms with Crippen LogP contribution in [0.1, 0.15) is 48.2 Å². The highest BCUT2D eigenvalue weighted by molar-refractivity contribution is 6.30. The quantitative estimate of drug-likeness (QED) is 0.357. The topological polar surface area (TPSA) is 60.3 Å². The average Bonchev–Trinajstić information content (AvgIpc) is 3.17. The van der Waals surface area contributed by atoms with Crippen LogP contribution in [-0.4, -0.2) is 34.9 Å². The zero-order chi connectivity index (χ0) is 26.8. The van der Waals surface area contributed by atoms with E-state index in [9.17, 15) is 27.2 Å². The molecule has 1 atom stereocenters. The number of hydrogen-bond acceptors (Lipinski definition) is 3. The molecular weight excluding hydrogens is 500 g/mol. The lowest BCUT2D eigenvalue weighted by Crippen LogP contribution is -2.36. The number of alkyl carbamates (subject to hydrolysis) is 1. The van der Waals surface area contributed by atoms with Gasteiger partial charge in [-0.1, -0.05) is 35.9 Å². The minimum absolute atomic E-state index is 0.0220. The van der Waals surface area contributed by atoms with E-state index in [4.69, 9.17) is 16.3 Å². The van der Waals surface area contributed by atoms with Gasteiger partial charge in [0.2, 0.25) is 0 Å². The smallest absolute Gasteiger partial charge is 0.408 e. The fourth-order valence-electron chi connectivity index (χ4n) is 3.58. The molecule has 0 aliphatic heterocycles. The van der Waals surface area contributed by atoms with Crippen LogP contribution in [0.5, 0.6) is 0 Å². The van der Waals surface area contributed by atoms with Crippen LogP contribution >= 0.6 is 11.6 Å². The Balaban J connectivity index is 1.80. The number of halogens is 5. The summed E-state index contributed by atoms with van der Waals surface area (Å²) in [5, 5.41) is 2.64. The molecule has 2 aromatic carbocycles. The molecule has 3 aromatic rings. The van der Waals surface area contributed by atoms with E-state index in [0.29, 0.717) is 16.5 Å². The lowest BCUT2D eigenvalue weighted by molar-refractivity contribution is -0.139. The van der Waals surface area contributed by atoms with Crippen molar-refractivity contribution >= 4 is 40.6 Å². The minimum Gasteiger partial charge on any atom is -0.444 e. The Morgan fingerprint density at radius 3 is 2.44 bits per heavy atom. The molecule has 1 N–H and O–H groups in total. The molecule has 192 valence electrons. The van der Waals surface area contributed by atoms with Crippen molar-refractivity contribution < 1.29 is 31.9 Å². The average molecular weight is 525 g/mol. The van der Waals surface area contributed by atoms with Crippen LogP contribution in [0.3, 0.4) is 0 Å².